The Labute approximate surface area is 202 Å². The quantitative estimate of drug-likeness (QED) is 0.142. The van der Waals surface area contributed by atoms with Crippen LogP contribution in [0.3, 0.4) is 0 Å². The van der Waals surface area contributed by atoms with E-state index >= 15 is 0 Å². The maximum absolute atomic E-state index is 12.1. The van der Waals surface area contributed by atoms with E-state index in [-0.39, 0.29) is 11.1 Å². The van der Waals surface area contributed by atoms with Gasteiger partial charge in [-0.05, 0) is 89.7 Å². The Morgan fingerprint density at radius 2 is 1.28 bits per heavy atom. The van der Waals surface area contributed by atoms with E-state index < -0.39 is 18.2 Å². The van der Waals surface area contributed by atoms with Crippen molar-refractivity contribution in [1.82, 2.24) is 0 Å². The molecule has 1 atom stereocenters. The number of hydrogen-bond donors (Lipinski definition) is 0. The van der Waals surface area contributed by atoms with Crippen molar-refractivity contribution in [1.29, 1.82) is 0 Å². The van der Waals surface area contributed by atoms with Crippen LogP contribution in [0, 0.1) is 0 Å². The van der Waals surface area contributed by atoms with Crippen LogP contribution in [0.5, 0.6) is 11.5 Å². The summed E-state index contributed by atoms with van der Waals surface area (Å²) in [6.45, 7) is 11.9. The molecule has 0 fully saturated rings. The predicted octanol–water partition coefficient (Wildman–Crippen LogP) is 7.22. The van der Waals surface area contributed by atoms with Gasteiger partial charge in [0.2, 0.25) is 6.29 Å². The third kappa shape index (κ3) is 5.51. The van der Waals surface area contributed by atoms with Gasteiger partial charge in [0.05, 0.1) is 8.95 Å². The number of hydrogen-bond acceptors (Lipinski definition) is 5. The zero-order valence-corrected chi connectivity index (χ0v) is 22.0. The van der Waals surface area contributed by atoms with Gasteiger partial charge in [-0.15, -0.1) is 0 Å². The van der Waals surface area contributed by atoms with Gasteiger partial charge < -0.3 is 14.2 Å². The minimum Gasteiger partial charge on any atom is -0.453 e. The standard InChI is InChI=1S/C20H16Br4O5/c1-8(2)19(25)28-10(5)27-17-13(23)6-12(22)16-15(17)11(21)7-14(24)18(16)29-20(26)9(3)4/h6-7,10H,1,3H2,2,4-5H3. The monoisotopic (exact) mass is 652 g/mol. The van der Waals surface area contributed by atoms with Crippen molar-refractivity contribution in [3.63, 3.8) is 0 Å². The molecule has 2 rings (SSSR count). The Morgan fingerprint density at radius 3 is 1.76 bits per heavy atom. The lowest BCUT2D eigenvalue weighted by Crippen LogP contribution is -2.21. The van der Waals surface area contributed by atoms with Gasteiger partial charge in [0.25, 0.3) is 0 Å². The zero-order chi connectivity index (χ0) is 22.0. The molecule has 154 valence electrons. The van der Waals surface area contributed by atoms with Crippen LogP contribution in [0.1, 0.15) is 20.8 Å². The van der Waals surface area contributed by atoms with Crippen molar-refractivity contribution in [2.45, 2.75) is 27.1 Å². The normalized spacial score (nSPS) is 11.7. The number of rotatable bonds is 6. The third-order valence-electron chi connectivity index (χ3n) is 3.57. The van der Waals surface area contributed by atoms with Gasteiger partial charge in [0.15, 0.2) is 5.75 Å². The number of benzene rings is 2. The summed E-state index contributed by atoms with van der Waals surface area (Å²) in [5, 5.41) is 1.19. The van der Waals surface area contributed by atoms with Crippen molar-refractivity contribution >= 4 is 86.4 Å². The average molecular weight is 656 g/mol. The van der Waals surface area contributed by atoms with Gasteiger partial charge in [-0.2, -0.15) is 0 Å². The Hall–Kier alpha value is -1.16. The second-order valence-electron chi connectivity index (χ2n) is 6.13. The highest BCUT2D eigenvalue weighted by atomic mass is 79.9. The Balaban J connectivity index is 2.66. The summed E-state index contributed by atoms with van der Waals surface area (Å²) in [4.78, 5) is 23.9. The first-order valence-electron chi connectivity index (χ1n) is 8.14. The smallest absolute Gasteiger partial charge is 0.338 e. The van der Waals surface area contributed by atoms with Crippen LogP contribution in [0.15, 0.2) is 54.3 Å². The fraction of sp³-hybridized carbons (Fsp3) is 0.200. The van der Waals surface area contributed by atoms with Gasteiger partial charge in [-0.1, -0.05) is 13.2 Å². The average Bonchev–Trinajstić information content (AvgIpc) is 2.60. The van der Waals surface area contributed by atoms with Crippen LogP contribution in [0.2, 0.25) is 0 Å². The first-order chi connectivity index (χ1) is 13.4. The Bertz CT molecular complexity index is 1050. The lowest BCUT2D eigenvalue weighted by molar-refractivity contribution is -0.156. The van der Waals surface area contributed by atoms with Crippen molar-refractivity contribution in [3.05, 3.63) is 54.3 Å². The number of carbonyl (C=O) groups excluding carboxylic acids is 2. The van der Waals surface area contributed by atoms with E-state index in [1.807, 2.05) is 0 Å². The van der Waals surface area contributed by atoms with Crippen molar-refractivity contribution in [2.75, 3.05) is 0 Å². The highest BCUT2D eigenvalue weighted by molar-refractivity contribution is 9.11. The minimum atomic E-state index is -0.892. The molecule has 2 aromatic rings. The lowest BCUT2D eigenvalue weighted by Gasteiger charge is -2.21. The predicted molar refractivity (Wildman–Crippen MR) is 126 cm³/mol. The number of ether oxygens (including phenoxy) is 3. The second-order valence-corrected chi connectivity index (χ2v) is 9.55. The third-order valence-corrected chi connectivity index (χ3v) is 6.00. The molecule has 0 aliphatic carbocycles. The van der Waals surface area contributed by atoms with E-state index in [1.54, 1.807) is 32.9 Å². The first-order valence-corrected chi connectivity index (χ1v) is 11.3. The molecule has 0 heterocycles. The summed E-state index contributed by atoms with van der Waals surface area (Å²) in [6.07, 6.45) is -0.892. The molecule has 2 aromatic carbocycles. The van der Waals surface area contributed by atoms with Gasteiger partial charge in [-0.25, -0.2) is 9.59 Å². The van der Waals surface area contributed by atoms with Gasteiger partial charge >= 0.3 is 11.9 Å². The summed E-state index contributed by atoms with van der Waals surface area (Å²) in [5.41, 5.74) is 0.525. The summed E-state index contributed by atoms with van der Waals surface area (Å²) in [7, 11) is 0. The van der Waals surface area contributed by atoms with Crippen LogP contribution in [-0.4, -0.2) is 18.2 Å². The molecule has 5 nitrogen and oxygen atoms in total. The topological polar surface area (TPSA) is 61.8 Å². The van der Waals surface area contributed by atoms with Crippen LogP contribution in [0.25, 0.3) is 10.8 Å². The van der Waals surface area contributed by atoms with E-state index in [4.69, 9.17) is 14.2 Å². The number of halogens is 4. The Kier molecular flexibility index (Phi) is 8.12. The summed E-state index contributed by atoms with van der Waals surface area (Å²) in [6, 6.07) is 3.49. The maximum Gasteiger partial charge on any atom is 0.338 e. The number of carbonyl (C=O) groups is 2. The molecule has 0 aliphatic rings. The fourth-order valence-electron chi connectivity index (χ4n) is 2.26. The maximum atomic E-state index is 12.1. The molecule has 0 aliphatic heterocycles. The van der Waals surface area contributed by atoms with Crippen LogP contribution >= 0.6 is 63.7 Å². The van der Waals surface area contributed by atoms with Crippen molar-refractivity contribution in [3.8, 4) is 11.5 Å². The second kappa shape index (κ2) is 9.76. The van der Waals surface area contributed by atoms with Gasteiger partial charge in [-0.3, -0.25) is 0 Å². The molecule has 0 radical (unpaired) electrons. The first kappa shape index (κ1) is 24.1. The summed E-state index contributed by atoms with van der Waals surface area (Å²) in [5.74, 6) is -0.424. The minimum absolute atomic E-state index is 0.262. The molecule has 0 aromatic heterocycles. The molecule has 0 spiro atoms. The van der Waals surface area contributed by atoms with Crippen LogP contribution in [-0.2, 0) is 14.3 Å². The molecule has 0 saturated carbocycles. The zero-order valence-electron chi connectivity index (χ0n) is 15.7. The largest absolute Gasteiger partial charge is 0.453 e. The highest BCUT2D eigenvalue weighted by Crippen LogP contribution is 2.49. The molecule has 1 unspecified atom stereocenters. The van der Waals surface area contributed by atoms with Crippen LogP contribution in [0.4, 0.5) is 0 Å². The van der Waals surface area contributed by atoms with Gasteiger partial charge in [0, 0.05) is 37.8 Å². The molecule has 0 N–H and O–H groups in total. The van der Waals surface area contributed by atoms with E-state index in [2.05, 4.69) is 76.9 Å². The lowest BCUT2D eigenvalue weighted by atomic mass is 10.1. The number of esters is 2. The van der Waals surface area contributed by atoms with Crippen molar-refractivity contribution < 1.29 is 23.8 Å². The van der Waals surface area contributed by atoms with Crippen LogP contribution < -0.4 is 9.47 Å². The number of fused-ring (bicyclic) bond motifs is 1. The SMILES string of the molecule is C=C(C)C(=O)Oc1c(Br)cc(Br)c2c(OC(C)OC(=O)C(=C)C)c(Br)cc(Br)c12. The van der Waals surface area contributed by atoms with Crippen molar-refractivity contribution in [2.24, 2.45) is 0 Å². The van der Waals surface area contributed by atoms with E-state index in [1.165, 1.54) is 0 Å². The molecular formula is C20H16Br4O5. The van der Waals surface area contributed by atoms with E-state index in [0.29, 0.717) is 40.2 Å². The van der Waals surface area contributed by atoms with E-state index in [0.717, 1.165) is 0 Å². The van der Waals surface area contributed by atoms with E-state index in [9.17, 15) is 9.59 Å². The Morgan fingerprint density at radius 1 is 0.828 bits per heavy atom. The molecular weight excluding hydrogens is 640 g/mol. The fourth-order valence-corrected chi connectivity index (χ4v) is 5.11. The summed E-state index contributed by atoms with van der Waals surface area (Å²) >= 11 is 14.0. The molecule has 0 amide bonds. The molecule has 29 heavy (non-hydrogen) atoms. The highest BCUT2D eigenvalue weighted by Gasteiger charge is 2.24. The molecule has 0 saturated heterocycles. The molecule has 9 heteroatoms. The van der Waals surface area contributed by atoms with Gasteiger partial charge in [0.1, 0.15) is 5.75 Å². The summed E-state index contributed by atoms with van der Waals surface area (Å²) < 4.78 is 19.2. The molecule has 0 bridgehead atoms.